The topological polar surface area (TPSA) is 67.4 Å². The molecule has 0 saturated carbocycles. The van der Waals surface area contributed by atoms with Crippen molar-refractivity contribution in [3.05, 3.63) is 29.8 Å². The molecule has 2 rings (SSSR count). The van der Waals surface area contributed by atoms with Crippen LogP contribution in [-0.2, 0) is 20.9 Å². The molecule has 0 bridgehead atoms. The molecule has 118 valence electrons. The SMILES string of the molecule is O=S(=O)(NCC1COCCN1)c1cccc(C(F)(F)F)c1. The highest BCUT2D eigenvalue weighted by Crippen LogP contribution is 2.30. The van der Waals surface area contributed by atoms with Crippen LogP contribution in [0.25, 0.3) is 0 Å². The Kier molecular flexibility index (Phi) is 4.87. The minimum Gasteiger partial charge on any atom is -0.378 e. The molecule has 0 radical (unpaired) electrons. The summed E-state index contributed by atoms with van der Waals surface area (Å²) in [6.45, 7) is 1.57. The Bertz CT molecular complexity index is 584. The summed E-state index contributed by atoms with van der Waals surface area (Å²) in [5.41, 5.74) is -0.996. The molecule has 1 fully saturated rings. The lowest BCUT2D eigenvalue weighted by molar-refractivity contribution is -0.137. The van der Waals surface area contributed by atoms with Crippen LogP contribution in [0.5, 0.6) is 0 Å². The molecule has 1 aromatic rings. The first-order valence-electron chi connectivity index (χ1n) is 6.27. The van der Waals surface area contributed by atoms with Crippen LogP contribution in [0.1, 0.15) is 5.56 Å². The highest BCUT2D eigenvalue weighted by Gasteiger charge is 2.31. The van der Waals surface area contributed by atoms with Crippen molar-refractivity contribution in [2.45, 2.75) is 17.1 Å². The second kappa shape index (κ2) is 6.30. The van der Waals surface area contributed by atoms with Crippen LogP contribution >= 0.6 is 0 Å². The first-order valence-corrected chi connectivity index (χ1v) is 7.75. The Balaban J connectivity index is 2.08. The molecule has 1 aliphatic rings. The van der Waals surface area contributed by atoms with Gasteiger partial charge in [0.25, 0.3) is 0 Å². The fourth-order valence-corrected chi connectivity index (χ4v) is 3.01. The minimum absolute atomic E-state index is 0.0541. The minimum atomic E-state index is -4.58. The van der Waals surface area contributed by atoms with E-state index in [-0.39, 0.29) is 12.6 Å². The van der Waals surface area contributed by atoms with Crippen molar-refractivity contribution in [1.82, 2.24) is 10.0 Å². The van der Waals surface area contributed by atoms with Gasteiger partial charge in [-0.3, -0.25) is 0 Å². The fourth-order valence-electron chi connectivity index (χ4n) is 1.88. The van der Waals surface area contributed by atoms with E-state index in [1.807, 2.05) is 0 Å². The van der Waals surface area contributed by atoms with Gasteiger partial charge >= 0.3 is 6.18 Å². The fraction of sp³-hybridized carbons (Fsp3) is 0.500. The Morgan fingerprint density at radius 1 is 1.38 bits per heavy atom. The van der Waals surface area contributed by atoms with Crippen LogP contribution in [0.3, 0.4) is 0 Å². The van der Waals surface area contributed by atoms with E-state index >= 15 is 0 Å². The Hall–Kier alpha value is -1.16. The van der Waals surface area contributed by atoms with Gasteiger partial charge in [0.1, 0.15) is 0 Å². The average molecular weight is 324 g/mol. The van der Waals surface area contributed by atoms with Crippen molar-refractivity contribution in [2.24, 2.45) is 0 Å². The predicted octanol–water partition coefficient (Wildman–Crippen LogP) is 0.972. The van der Waals surface area contributed by atoms with Crippen LogP contribution in [0, 0.1) is 0 Å². The summed E-state index contributed by atoms with van der Waals surface area (Å²) in [5.74, 6) is 0. The number of hydrogen-bond donors (Lipinski definition) is 2. The first-order chi connectivity index (χ1) is 9.79. The van der Waals surface area contributed by atoms with Crippen LogP contribution in [-0.4, -0.2) is 40.8 Å². The number of benzene rings is 1. The summed E-state index contributed by atoms with van der Waals surface area (Å²) < 4.78 is 69.2. The number of nitrogens with one attached hydrogen (secondary N) is 2. The molecule has 2 N–H and O–H groups in total. The molecule has 1 heterocycles. The van der Waals surface area contributed by atoms with E-state index in [1.54, 1.807) is 0 Å². The quantitative estimate of drug-likeness (QED) is 0.866. The van der Waals surface area contributed by atoms with Crippen molar-refractivity contribution in [3.8, 4) is 0 Å². The highest BCUT2D eigenvalue weighted by molar-refractivity contribution is 7.89. The number of alkyl halides is 3. The molecule has 0 amide bonds. The van der Waals surface area contributed by atoms with Crippen LogP contribution < -0.4 is 10.0 Å². The summed E-state index contributed by atoms with van der Waals surface area (Å²) in [4.78, 5) is -0.408. The van der Waals surface area contributed by atoms with Gasteiger partial charge in [0, 0.05) is 19.1 Å². The van der Waals surface area contributed by atoms with Gasteiger partial charge in [-0.05, 0) is 18.2 Å². The van der Waals surface area contributed by atoms with Crippen molar-refractivity contribution in [2.75, 3.05) is 26.3 Å². The number of hydrogen-bond acceptors (Lipinski definition) is 4. The zero-order valence-corrected chi connectivity index (χ0v) is 11.8. The second-order valence-electron chi connectivity index (χ2n) is 4.60. The largest absolute Gasteiger partial charge is 0.416 e. The van der Waals surface area contributed by atoms with Gasteiger partial charge in [-0.25, -0.2) is 13.1 Å². The van der Waals surface area contributed by atoms with Crippen LogP contribution in [0.2, 0.25) is 0 Å². The molecular weight excluding hydrogens is 309 g/mol. The highest BCUT2D eigenvalue weighted by atomic mass is 32.2. The molecule has 5 nitrogen and oxygen atoms in total. The summed E-state index contributed by atoms with van der Waals surface area (Å²) >= 11 is 0. The Morgan fingerprint density at radius 3 is 2.76 bits per heavy atom. The van der Waals surface area contributed by atoms with Gasteiger partial charge in [0.05, 0.1) is 23.7 Å². The Morgan fingerprint density at radius 2 is 2.14 bits per heavy atom. The van der Waals surface area contributed by atoms with Crippen molar-refractivity contribution < 1.29 is 26.3 Å². The van der Waals surface area contributed by atoms with Gasteiger partial charge in [0.2, 0.25) is 10.0 Å². The third kappa shape index (κ3) is 4.40. The first kappa shape index (κ1) is 16.2. The maximum absolute atomic E-state index is 12.6. The average Bonchev–Trinajstić information content (AvgIpc) is 2.46. The van der Waals surface area contributed by atoms with E-state index in [2.05, 4.69) is 10.0 Å². The lowest BCUT2D eigenvalue weighted by Gasteiger charge is -2.23. The van der Waals surface area contributed by atoms with E-state index in [0.717, 1.165) is 18.2 Å². The van der Waals surface area contributed by atoms with Crippen LogP contribution in [0.15, 0.2) is 29.2 Å². The maximum atomic E-state index is 12.6. The standard InChI is InChI=1S/C12H15F3N2O3S/c13-12(14,15)9-2-1-3-11(6-9)21(18,19)17-7-10-8-20-5-4-16-10/h1-3,6,10,16-17H,4-5,7-8H2. The predicted molar refractivity (Wildman–Crippen MR) is 69.2 cm³/mol. The van der Waals surface area contributed by atoms with E-state index in [4.69, 9.17) is 4.74 Å². The number of sulfonamides is 1. The summed E-state index contributed by atoms with van der Waals surface area (Å²) in [6.07, 6.45) is -4.58. The third-order valence-electron chi connectivity index (χ3n) is 2.99. The van der Waals surface area contributed by atoms with Crippen molar-refractivity contribution in [1.29, 1.82) is 0 Å². The molecule has 0 spiro atoms. The van der Waals surface area contributed by atoms with E-state index < -0.39 is 26.7 Å². The molecule has 1 aromatic carbocycles. The Labute approximate surface area is 120 Å². The molecule has 1 atom stereocenters. The molecule has 0 aliphatic carbocycles. The number of rotatable bonds is 4. The maximum Gasteiger partial charge on any atom is 0.416 e. The normalized spacial score (nSPS) is 20.4. The van der Waals surface area contributed by atoms with E-state index in [1.165, 1.54) is 0 Å². The lowest BCUT2D eigenvalue weighted by atomic mass is 10.2. The molecule has 0 aromatic heterocycles. The van der Waals surface area contributed by atoms with Crippen molar-refractivity contribution in [3.63, 3.8) is 0 Å². The molecule has 21 heavy (non-hydrogen) atoms. The van der Waals surface area contributed by atoms with Gasteiger partial charge in [-0.2, -0.15) is 13.2 Å². The summed E-state index contributed by atoms with van der Waals surface area (Å²) in [7, 11) is -3.99. The smallest absolute Gasteiger partial charge is 0.378 e. The molecule has 1 unspecified atom stereocenters. The third-order valence-corrected chi connectivity index (χ3v) is 4.41. The number of morpholine rings is 1. The van der Waals surface area contributed by atoms with E-state index in [9.17, 15) is 21.6 Å². The summed E-state index contributed by atoms with van der Waals surface area (Å²) in [6, 6.07) is 3.45. The van der Waals surface area contributed by atoms with Gasteiger partial charge in [-0.1, -0.05) is 6.07 Å². The number of halogens is 3. The molecular formula is C12H15F3N2O3S. The number of ether oxygens (including phenoxy) is 1. The lowest BCUT2D eigenvalue weighted by Crippen LogP contribution is -2.48. The van der Waals surface area contributed by atoms with Crippen molar-refractivity contribution >= 4 is 10.0 Å². The molecule has 9 heteroatoms. The second-order valence-corrected chi connectivity index (χ2v) is 6.37. The van der Waals surface area contributed by atoms with E-state index in [0.29, 0.717) is 25.8 Å². The molecule has 1 aliphatic heterocycles. The van der Waals surface area contributed by atoms with Crippen LogP contribution in [0.4, 0.5) is 13.2 Å². The zero-order chi connectivity index (χ0) is 15.5. The van der Waals surface area contributed by atoms with Gasteiger partial charge in [-0.15, -0.1) is 0 Å². The summed E-state index contributed by atoms with van der Waals surface area (Å²) in [5, 5.41) is 3.05. The van der Waals surface area contributed by atoms with Gasteiger partial charge in [0.15, 0.2) is 0 Å². The molecule has 1 saturated heterocycles. The zero-order valence-electron chi connectivity index (χ0n) is 11.0. The monoisotopic (exact) mass is 324 g/mol. The van der Waals surface area contributed by atoms with Gasteiger partial charge < -0.3 is 10.1 Å².